The van der Waals surface area contributed by atoms with E-state index in [1.807, 2.05) is 0 Å². The van der Waals surface area contributed by atoms with Gasteiger partial charge in [0.05, 0.1) is 26.4 Å². The summed E-state index contributed by atoms with van der Waals surface area (Å²) in [6, 6.07) is 0. The number of allylic oxidation sites excluding steroid dienone is 4. The van der Waals surface area contributed by atoms with Gasteiger partial charge in [-0.15, -0.1) is 0 Å². The maximum atomic E-state index is 12.2. The van der Waals surface area contributed by atoms with Crippen molar-refractivity contribution in [2.45, 2.75) is 161 Å². The van der Waals surface area contributed by atoms with Crippen molar-refractivity contribution < 1.29 is 47.8 Å². The molecule has 10 nitrogen and oxygen atoms in total. The Morgan fingerprint density at radius 2 is 0.957 bits per heavy atom. The van der Waals surface area contributed by atoms with Crippen molar-refractivity contribution in [3.8, 4) is 0 Å². The highest BCUT2D eigenvalue weighted by Crippen LogP contribution is 2.43. The van der Waals surface area contributed by atoms with Gasteiger partial charge < -0.3 is 24.6 Å². The summed E-state index contributed by atoms with van der Waals surface area (Å²) in [5.41, 5.74) is 0. The molecule has 0 rings (SSSR count). The van der Waals surface area contributed by atoms with Gasteiger partial charge in [0.2, 0.25) is 0 Å². The molecule has 0 heterocycles. The number of esters is 2. The Morgan fingerprint density at radius 3 is 1.39 bits per heavy atom. The lowest BCUT2D eigenvalue weighted by molar-refractivity contribution is -0.153. The molecule has 0 aliphatic carbocycles. The quantitative estimate of drug-likeness (QED) is 0.0268. The second-order valence-corrected chi connectivity index (χ2v) is 13.3. The van der Waals surface area contributed by atoms with Crippen LogP contribution in [0.4, 0.5) is 0 Å². The lowest BCUT2D eigenvalue weighted by Gasteiger charge is -2.20. The monoisotopic (exact) mass is 676 g/mol. The second-order valence-electron chi connectivity index (χ2n) is 11.9. The van der Waals surface area contributed by atoms with Crippen LogP contribution in [0.15, 0.2) is 24.3 Å². The number of hydrogen-bond acceptors (Lipinski definition) is 9. The summed E-state index contributed by atoms with van der Waals surface area (Å²) >= 11 is 0. The zero-order valence-corrected chi connectivity index (χ0v) is 29.7. The first-order valence-corrected chi connectivity index (χ1v) is 19.3. The van der Waals surface area contributed by atoms with Crippen LogP contribution >= 0.6 is 7.82 Å². The van der Waals surface area contributed by atoms with Crippen LogP contribution in [0, 0.1) is 0 Å². The molecule has 3 unspecified atom stereocenters. The first-order valence-electron chi connectivity index (χ1n) is 17.8. The number of carbonyl (C=O) groups is 2. The molecule has 0 fully saturated rings. The van der Waals surface area contributed by atoms with Gasteiger partial charge in [-0.3, -0.25) is 18.6 Å². The topological polar surface area (TPSA) is 149 Å². The standard InChI is InChI=1S/C35H65O10P/c1-3-5-7-9-10-11-12-13-14-15-16-17-18-19-20-21-22-23-25-27-35(39)45-33(29-37)31-43-46(40,41)42-30-32(28-36)44-34(38)26-24-8-6-4-2/h10-11,13-14,32-33,36-37H,3-9,12,15-31H2,1-2H3,(H,40,41)/b11-10-,14-13-. The fourth-order valence-corrected chi connectivity index (χ4v) is 5.40. The fraction of sp³-hybridized carbons (Fsp3) is 0.829. The van der Waals surface area contributed by atoms with Gasteiger partial charge in [0.25, 0.3) is 0 Å². The van der Waals surface area contributed by atoms with E-state index in [0.717, 1.165) is 51.4 Å². The highest BCUT2D eigenvalue weighted by atomic mass is 31.2. The van der Waals surface area contributed by atoms with Crippen LogP contribution in [0.2, 0.25) is 0 Å². The summed E-state index contributed by atoms with van der Waals surface area (Å²) in [7, 11) is -4.61. The lowest BCUT2D eigenvalue weighted by Crippen LogP contribution is -2.28. The van der Waals surface area contributed by atoms with Crippen molar-refractivity contribution in [3.63, 3.8) is 0 Å². The highest BCUT2D eigenvalue weighted by molar-refractivity contribution is 7.47. The molecule has 0 aromatic rings. The van der Waals surface area contributed by atoms with Gasteiger partial charge in [-0.05, 0) is 44.9 Å². The first-order chi connectivity index (χ1) is 22.3. The largest absolute Gasteiger partial charge is 0.472 e. The van der Waals surface area contributed by atoms with Crippen molar-refractivity contribution in [1.82, 2.24) is 0 Å². The number of carbonyl (C=O) groups excluding carboxylic acids is 2. The number of ether oxygens (including phenoxy) is 2. The average Bonchev–Trinajstić information content (AvgIpc) is 3.04. The molecule has 0 saturated heterocycles. The maximum absolute atomic E-state index is 12.2. The molecule has 0 aromatic carbocycles. The number of phosphoric acid groups is 1. The normalized spacial score (nSPS) is 14.5. The molecule has 0 radical (unpaired) electrons. The minimum Gasteiger partial charge on any atom is -0.457 e. The van der Waals surface area contributed by atoms with E-state index >= 15 is 0 Å². The molecule has 270 valence electrons. The summed E-state index contributed by atoms with van der Waals surface area (Å²) < 4.78 is 32.1. The third kappa shape index (κ3) is 29.8. The van der Waals surface area contributed by atoms with E-state index in [-0.39, 0.29) is 12.8 Å². The lowest BCUT2D eigenvalue weighted by atomic mass is 10.1. The van der Waals surface area contributed by atoms with Gasteiger partial charge in [-0.25, -0.2) is 4.57 Å². The van der Waals surface area contributed by atoms with Gasteiger partial charge in [-0.2, -0.15) is 0 Å². The third-order valence-electron chi connectivity index (χ3n) is 7.42. The van der Waals surface area contributed by atoms with Gasteiger partial charge in [0.1, 0.15) is 12.2 Å². The Bertz CT molecular complexity index is 832. The molecule has 0 bridgehead atoms. The third-order valence-corrected chi connectivity index (χ3v) is 8.37. The molecular weight excluding hydrogens is 611 g/mol. The van der Waals surface area contributed by atoms with E-state index < -0.39 is 58.4 Å². The van der Waals surface area contributed by atoms with Crippen LogP contribution in [0.25, 0.3) is 0 Å². The Hall–Kier alpha value is -1.55. The van der Waals surface area contributed by atoms with E-state index in [9.17, 15) is 29.3 Å². The predicted octanol–water partition coefficient (Wildman–Crippen LogP) is 8.27. The molecule has 0 aliphatic heterocycles. The SMILES string of the molecule is CCCCC/C=C\C/C=C\CCCCCCCCCCCC(=O)OC(CO)COP(=O)(O)OCC(CO)OC(=O)CCCCCC. The molecule has 11 heteroatoms. The van der Waals surface area contributed by atoms with E-state index in [2.05, 4.69) is 38.2 Å². The molecule has 0 aliphatic rings. The number of unbranched alkanes of at least 4 members (excludes halogenated alkanes) is 15. The van der Waals surface area contributed by atoms with Gasteiger partial charge in [0.15, 0.2) is 0 Å². The number of rotatable bonds is 33. The van der Waals surface area contributed by atoms with Crippen LogP contribution < -0.4 is 0 Å². The number of aliphatic hydroxyl groups is 2. The minimum atomic E-state index is -4.61. The van der Waals surface area contributed by atoms with E-state index in [1.54, 1.807) is 0 Å². The number of hydrogen-bond donors (Lipinski definition) is 3. The Morgan fingerprint density at radius 1 is 0.587 bits per heavy atom. The Labute approximate surface area is 278 Å². The average molecular weight is 677 g/mol. The molecule has 0 amide bonds. The summed E-state index contributed by atoms with van der Waals surface area (Å²) in [6.45, 7) is 2.00. The van der Waals surface area contributed by atoms with Crippen LogP contribution in [0.1, 0.15) is 149 Å². The van der Waals surface area contributed by atoms with Crippen LogP contribution in [0.3, 0.4) is 0 Å². The second kappa shape index (κ2) is 32.0. The molecule has 0 aromatic heterocycles. The van der Waals surface area contributed by atoms with Gasteiger partial charge >= 0.3 is 19.8 Å². The van der Waals surface area contributed by atoms with Crippen molar-refractivity contribution >= 4 is 19.8 Å². The fourth-order valence-electron chi connectivity index (χ4n) is 4.61. The summed E-state index contributed by atoms with van der Waals surface area (Å²) in [6.07, 6.45) is 28.0. The van der Waals surface area contributed by atoms with Crippen molar-refractivity contribution in [2.24, 2.45) is 0 Å². The van der Waals surface area contributed by atoms with Crippen molar-refractivity contribution in [1.29, 1.82) is 0 Å². The Balaban J connectivity index is 3.88. The molecule has 0 saturated carbocycles. The zero-order valence-electron chi connectivity index (χ0n) is 28.8. The minimum absolute atomic E-state index is 0.184. The highest BCUT2D eigenvalue weighted by Gasteiger charge is 2.27. The Kier molecular flexibility index (Phi) is 30.9. The smallest absolute Gasteiger partial charge is 0.457 e. The van der Waals surface area contributed by atoms with E-state index in [1.165, 1.54) is 57.8 Å². The summed E-state index contributed by atoms with van der Waals surface area (Å²) in [5.74, 6) is -1.04. The predicted molar refractivity (Wildman–Crippen MR) is 182 cm³/mol. The molecule has 3 atom stereocenters. The zero-order chi connectivity index (χ0) is 34.1. The summed E-state index contributed by atoms with van der Waals surface area (Å²) in [5, 5.41) is 18.9. The van der Waals surface area contributed by atoms with Gasteiger partial charge in [0, 0.05) is 12.8 Å². The molecule has 46 heavy (non-hydrogen) atoms. The molecule has 0 spiro atoms. The molecular formula is C35H65O10P. The van der Waals surface area contributed by atoms with Crippen LogP contribution in [-0.4, -0.2) is 65.7 Å². The van der Waals surface area contributed by atoms with Gasteiger partial charge in [-0.1, -0.05) is 115 Å². The number of aliphatic hydroxyl groups excluding tert-OH is 2. The molecule has 3 N–H and O–H groups in total. The van der Waals surface area contributed by atoms with Crippen molar-refractivity contribution in [3.05, 3.63) is 24.3 Å². The summed E-state index contributed by atoms with van der Waals surface area (Å²) in [4.78, 5) is 33.9. The van der Waals surface area contributed by atoms with E-state index in [4.69, 9.17) is 18.5 Å². The maximum Gasteiger partial charge on any atom is 0.472 e. The van der Waals surface area contributed by atoms with E-state index in [0.29, 0.717) is 12.8 Å². The first kappa shape index (κ1) is 44.5. The van der Waals surface area contributed by atoms with Crippen LogP contribution in [-0.2, 0) is 32.7 Å². The van der Waals surface area contributed by atoms with Crippen LogP contribution in [0.5, 0.6) is 0 Å². The van der Waals surface area contributed by atoms with Crippen molar-refractivity contribution in [2.75, 3.05) is 26.4 Å². The number of phosphoric ester groups is 1.